The second-order valence-corrected chi connectivity index (χ2v) is 5.63. The molecule has 0 aliphatic carbocycles. The van der Waals surface area contributed by atoms with E-state index in [1.807, 2.05) is 13.8 Å². The van der Waals surface area contributed by atoms with Crippen LogP contribution in [-0.2, 0) is 0 Å². The van der Waals surface area contributed by atoms with E-state index in [9.17, 15) is 9.59 Å². The monoisotopic (exact) mass is 342 g/mol. The second-order valence-electron chi connectivity index (χ2n) is 5.63. The Morgan fingerprint density at radius 1 is 1.08 bits per heavy atom. The van der Waals surface area contributed by atoms with Crippen molar-refractivity contribution < 1.29 is 4.42 Å². The summed E-state index contributed by atoms with van der Waals surface area (Å²) in [5, 5.41) is 0. The highest BCUT2D eigenvalue weighted by molar-refractivity contribution is 5.89. The molecular weight excluding hydrogens is 328 g/mol. The number of anilines is 2. The number of nitrogens with zero attached hydrogens (tertiary/aromatic N) is 4. The standard InChI is InChI=1S/C14H14N8O3/c1-4-5(2)16-8-7(4)18-13(23)20-11(8)21-22-12-9(25-6(3)17-12)10(15)19-14(22)24/h16H,1-3H3,(H2,15,19,24)(H2,18,20,21,23). The van der Waals surface area contributed by atoms with E-state index in [0.29, 0.717) is 16.9 Å². The minimum atomic E-state index is -0.700. The first-order valence-electron chi connectivity index (χ1n) is 7.37. The Morgan fingerprint density at radius 2 is 1.84 bits per heavy atom. The van der Waals surface area contributed by atoms with Crippen LogP contribution in [0.15, 0.2) is 14.0 Å². The Hall–Kier alpha value is -3.63. The molecule has 0 saturated heterocycles. The molecule has 0 aliphatic rings. The lowest BCUT2D eigenvalue weighted by molar-refractivity contribution is 0.561. The maximum absolute atomic E-state index is 12.3. The number of aromatic nitrogens is 6. The Labute approximate surface area is 138 Å². The maximum Gasteiger partial charge on any atom is 0.370 e. The molecule has 0 amide bonds. The third kappa shape index (κ3) is 2.16. The van der Waals surface area contributed by atoms with Crippen LogP contribution in [0, 0.1) is 20.8 Å². The molecule has 11 heteroatoms. The predicted octanol–water partition coefficient (Wildman–Crippen LogP) is 0.332. The summed E-state index contributed by atoms with van der Waals surface area (Å²) in [6.45, 7) is 5.35. The Balaban J connectivity index is 1.99. The van der Waals surface area contributed by atoms with Crippen molar-refractivity contribution in [1.29, 1.82) is 0 Å². The number of hydrogen-bond acceptors (Lipinski definition) is 8. The van der Waals surface area contributed by atoms with Crippen molar-refractivity contribution in [2.45, 2.75) is 20.8 Å². The van der Waals surface area contributed by atoms with Gasteiger partial charge in [0.1, 0.15) is 5.52 Å². The molecule has 4 rings (SSSR count). The fourth-order valence-corrected chi connectivity index (χ4v) is 2.66. The highest BCUT2D eigenvalue weighted by Crippen LogP contribution is 2.23. The zero-order valence-electron chi connectivity index (χ0n) is 13.6. The van der Waals surface area contributed by atoms with Crippen molar-refractivity contribution in [3.63, 3.8) is 0 Å². The molecule has 0 saturated carbocycles. The first-order valence-corrected chi connectivity index (χ1v) is 7.37. The van der Waals surface area contributed by atoms with Crippen LogP contribution in [0.3, 0.4) is 0 Å². The fourth-order valence-electron chi connectivity index (χ4n) is 2.66. The normalized spacial score (nSPS) is 11.5. The van der Waals surface area contributed by atoms with Gasteiger partial charge >= 0.3 is 11.4 Å². The minimum absolute atomic E-state index is 0.0609. The lowest BCUT2D eigenvalue weighted by atomic mass is 10.2. The smallest absolute Gasteiger partial charge is 0.370 e. The first-order chi connectivity index (χ1) is 11.8. The quantitative estimate of drug-likeness (QED) is 0.405. The fraction of sp³-hybridized carbons (Fsp3) is 0.214. The van der Waals surface area contributed by atoms with Crippen molar-refractivity contribution in [3.8, 4) is 0 Å². The lowest BCUT2D eigenvalue weighted by Gasteiger charge is -2.09. The third-order valence-corrected chi connectivity index (χ3v) is 3.97. The SMILES string of the molecule is Cc1nc2c(o1)c(N)nc(=O)n2Nc1nc(=O)[nH]c2c(C)c(C)[nH]c12. The van der Waals surface area contributed by atoms with Gasteiger partial charge in [0.2, 0.25) is 11.2 Å². The molecule has 0 fully saturated rings. The molecule has 128 valence electrons. The van der Waals surface area contributed by atoms with E-state index < -0.39 is 11.4 Å². The summed E-state index contributed by atoms with van der Waals surface area (Å²) in [5.41, 5.74) is 10.5. The van der Waals surface area contributed by atoms with Gasteiger partial charge in [0.15, 0.2) is 17.5 Å². The van der Waals surface area contributed by atoms with Crippen molar-refractivity contribution >= 4 is 33.9 Å². The van der Waals surface area contributed by atoms with Crippen LogP contribution in [0.4, 0.5) is 11.6 Å². The van der Waals surface area contributed by atoms with Gasteiger partial charge in [-0.2, -0.15) is 19.6 Å². The number of nitrogens with one attached hydrogen (secondary N) is 3. The number of H-pyrrole nitrogens is 2. The molecular formula is C14H14N8O3. The number of nitrogen functional groups attached to an aromatic ring is 1. The Kier molecular flexibility index (Phi) is 2.94. The highest BCUT2D eigenvalue weighted by atomic mass is 16.3. The zero-order chi connectivity index (χ0) is 17.9. The van der Waals surface area contributed by atoms with E-state index >= 15 is 0 Å². The highest BCUT2D eigenvalue weighted by Gasteiger charge is 2.17. The van der Waals surface area contributed by atoms with Crippen molar-refractivity contribution in [2.24, 2.45) is 0 Å². The van der Waals surface area contributed by atoms with Crippen molar-refractivity contribution in [1.82, 2.24) is 29.6 Å². The molecule has 0 unspecified atom stereocenters. The average molecular weight is 342 g/mol. The van der Waals surface area contributed by atoms with Crippen LogP contribution < -0.4 is 22.5 Å². The first kappa shape index (κ1) is 14.9. The summed E-state index contributed by atoms with van der Waals surface area (Å²) in [6, 6.07) is 0. The molecule has 0 aliphatic heterocycles. The molecule has 5 N–H and O–H groups in total. The van der Waals surface area contributed by atoms with Gasteiger partial charge in [-0.05, 0) is 19.4 Å². The van der Waals surface area contributed by atoms with Crippen molar-refractivity contribution in [2.75, 3.05) is 11.2 Å². The van der Waals surface area contributed by atoms with Gasteiger partial charge in [-0.15, -0.1) is 0 Å². The molecule has 4 aromatic rings. The number of aromatic amines is 2. The van der Waals surface area contributed by atoms with Gasteiger partial charge in [0.25, 0.3) is 0 Å². The lowest BCUT2D eigenvalue weighted by Crippen LogP contribution is -2.31. The average Bonchev–Trinajstić information content (AvgIpc) is 3.06. The molecule has 11 nitrogen and oxygen atoms in total. The van der Waals surface area contributed by atoms with E-state index in [1.54, 1.807) is 6.92 Å². The molecule has 0 bridgehead atoms. The summed E-state index contributed by atoms with van der Waals surface area (Å²) < 4.78 is 6.41. The number of nitrogens with two attached hydrogens (primary N) is 1. The minimum Gasteiger partial charge on any atom is -0.435 e. The Bertz CT molecular complexity index is 1260. The van der Waals surface area contributed by atoms with Crippen LogP contribution in [0.5, 0.6) is 0 Å². The number of hydrogen-bond donors (Lipinski definition) is 4. The summed E-state index contributed by atoms with van der Waals surface area (Å²) >= 11 is 0. The van der Waals surface area contributed by atoms with Crippen LogP contribution in [0.2, 0.25) is 0 Å². The topological polar surface area (TPSA) is 161 Å². The van der Waals surface area contributed by atoms with Crippen molar-refractivity contribution in [3.05, 3.63) is 38.1 Å². The Morgan fingerprint density at radius 3 is 2.60 bits per heavy atom. The van der Waals surface area contributed by atoms with Gasteiger partial charge in [0.05, 0.1) is 5.52 Å². The summed E-state index contributed by atoms with van der Waals surface area (Å²) in [4.78, 5) is 41.7. The van der Waals surface area contributed by atoms with Gasteiger partial charge in [0, 0.05) is 12.6 Å². The third-order valence-electron chi connectivity index (χ3n) is 3.97. The number of fused-ring (bicyclic) bond motifs is 2. The zero-order valence-corrected chi connectivity index (χ0v) is 13.6. The van der Waals surface area contributed by atoms with E-state index in [-0.39, 0.29) is 22.9 Å². The van der Waals surface area contributed by atoms with E-state index in [2.05, 4.69) is 30.3 Å². The van der Waals surface area contributed by atoms with E-state index in [0.717, 1.165) is 15.9 Å². The molecule has 0 radical (unpaired) electrons. The van der Waals surface area contributed by atoms with Crippen LogP contribution >= 0.6 is 0 Å². The van der Waals surface area contributed by atoms with E-state index in [1.165, 1.54) is 0 Å². The molecule has 4 aromatic heterocycles. The van der Waals surface area contributed by atoms with Gasteiger partial charge < -0.3 is 20.1 Å². The summed E-state index contributed by atoms with van der Waals surface area (Å²) in [7, 11) is 0. The van der Waals surface area contributed by atoms with Crippen LogP contribution in [0.25, 0.3) is 22.3 Å². The number of aryl methyl sites for hydroxylation is 3. The predicted molar refractivity (Wildman–Crippen MR) is 90.4 cm³/mol. The van der Waals surface area contributed by atoms with E-state index in [4.69, 9.17) is 10.2 Å². The van der Waals surface area contributed by atoms with Gasteiger partial charge in [-0.3, -0.25) is 5.43 Å². The molecule has 4 heterocycles. The second kappa shape index (κ2) is 4.93. The molecule has 0 atom stereocenters. The van der Waals surface area contributed by atoms with Crippen LogP contribution in [-0.4, -0.2) is 29.6 Å². The van der Waals surface area contributed by atoms with Gasteiger partial charge in [-0.1, -0.05) is 0 Å². The molecule has 25 heavy (non-hydrogen) atoms. The van der Waals surface area contributed by atoms with Gasteiger partial charge in [-0.25, -0.2) is 9.59 Å². The number of rotatable bonds is 2. The molecule has 0 aromatic carbocycles. The molecule has 0 spiro atoms. The summed E-state index contributed by atoms with van der Waals surface area (Å²) in [6.07, 6.45) is 0. The largest absolute Gasteiger partial charge is 0.435 e. The maximum atomic E-state index is 12.3. The summed E-state index contributed by atoms with van der Waals surface area (Å²) in [5.74, 6) is 0.417. The number of oxazole rings is 1. The van der Waals surface area contributed by atoms with Crippen LogP contribution in [0.1, 0.15) is 17.1 Å².